The van der Waals surface area contributed by atoms with Crippen molar-refractivity contribution in [2.45, 2.75) is 163 Å². The molecule has 2 fully saturated rings. The molecule has 6 amide bonds. The smallest absolute Gasteiger partial charge is 0.336 e. The summed E-state index contributed by atoms with van der Waals surface area (Å²) in [4.78, 5) is 159. The van der Waals surface area contributed by atoms with Crippen LogP contribution in [-0.4, -0.2) is 222 Å². The van der Waals surface area contributed by atoms with Crippen molar-refractivity contribution in [3.8, 4) is 85.3 Å². The van der Waals surface area contributed by atoms with Crippen LogP contribution in [0.1, 0.15) is 122 Å². The van der Waals surface area contributed by atoms with Crippen LogP contribution in [0.5, 0.6) is 51.7 Å². The number of phenolic OH excluding ortho intramolecular Hbond substituents is 4. The first-order chi connectivity index (χ1) is 63.8. The molecule has 45 heteroatoms. The number of rotatable bonds is 22. The number of phenols is 4. The van der Waals surface area contributed by atoms with Gasteiger partial charge in [0, 0.05) is 70.5 Å². The van der Waals surface area contributed by atoms with Gasteiger partial charge in [-0.2, -0.15) is 15.0 Å². The van der Waals surface area contributed by atoms with E-state index in [0.29, 0.717) is 16.5 Å². The average molecular weight is 1920 g/mol. The van der Waals surface area contributed by atoms with Crippen LogP contribution in [0.4, 0.5) is 17.6 Å². The van der Waals surface area contributed by atoms with Crippen LogP contribution in [0.25, 0.3) is 44.5 Å². The number of amides is 6. The van der Waals surface area contributed by atoms with Crippen molar-refractivity contribution in [1.29, 1.82) is 0 Å². The van der Waals surface area contributed by atoms with Gasteiger partial charge in [0.05, 0.1) is 40.8 Å². The van der Waals surface area contributed by atoms with E-state index in [1.807, 2.05) is 0 Å². The Bertz CT molecular complexity index is 6410. The Labute approximate surface area is 779 Å². The van der Waals surface area contributed by atoms with E-state index in [2.05, 4.69) is 46.9 Å². The van der Waals surface area contributed by atoms with Gasteiger partial charge in [0.2, 0.25) is 64.7 Å². The predicted molar refractivity (Wildman–Crippen MR) is 477 cm³/mol. The molecule has 135 heavy (non-hydrogen) atoms. The molecular formula is C90H90Cl3N13O29. The number of aromatic carboxylic acids is 1. The summed E-state index contributed by atoms with van der Waals surface area (Å²) in [6, 6.07) is 10.5. The Morgan fingerprint density at radius 3 is 1.94 bits per heavy atom. The minimum Gasteiger partial charge on any atom is -0.508 e. The standard InChI is InChI=1S/C90H90Cl3N13O29/c1-33(2)19-53(106(6)89-104-87(93)103-88(105-89)97-40-10-13-44(47(25-40)84(125)126)65-45-14-11-41(109)28-58(45)132-59-29-42(110)12-15-46(59)65)80(121)102-71-73(116)38-9-18-57(51(92)22-38)131-61-24-39-23-60(76(61)135-86-77(75(118)74(117)62(32-107)133-86)134-64-31-90(5,96)78(119)35(4)129-64)130-56-17-8-37(21-50(56)91)72(115)68(34(3)108)99-81(122)69(101-82(123)70(39)100-79(120)52(30-63(94)114)98-83(71)124)36-7-16-54(112)48(20-36)66-49(67(95)85(127)128)26-43(111)27-55(66)113/h7-18,20-29,33,35,52-53,62,64,67-75,77-78,86,107,109,111-113,115-119H,19,30-32,95-96H2,1-6H3,(H2,94,114)(H,98,124)(H,99,122)(H,100,120)(H,101,123)(H,102,121)(H,125,126)(H,127,128)(H,97,103,104,105)/t35?,52-,53+,62?,64?,67-,68+,69+,70+,71+,72+,73+,74?,75?,77?,78?,86?,90-/m0/s1. The fourth-order valence-electron chi connectivity index (χ4n) is 16.3. The highest BCUT2D eigenvalue weighted by Gasteiger charge is 2.52. The highest BCUT2D eigenvalue weighted by Crippen LogP contribution is 2.51. The van der Waals surface area contributed by atoms with E-state index in [9.17, 15) is 85.3 Å². The second kappa shape index (κ2) is 39.5. The number of primary amides is 1. The number of aromatic nitrogens is 3. The number of carboxylic acids is 2. The van der Waals surface area contributed by atoms with Gasteiger partial charge >= 0.3 is 11.9 Å². The predicted octanol–water partition coefficient (Wildman–Crippen LogP) is 5.31. The van der Waals surface area contributed by atoms with Gasteiger partial charge in [-0.15, -0.1) is 0 Å². The van der Waals surface area contributed by atoms with Gasteiger partial charge in [0.1, 0.15) is 119 Å². The Balaban J connectivity index is 0.897. The van der Waals surface area contributed by atoms with Gasteiger partial charge in [-0.3, -0.25) is 43.2 Å². The van der Waals surface area contributed by atoms with E-state index in [4.69, 9.17) is 84.8 Å². The number of hydrogen-bond acceptors (Lipinski definition) is 34. The molecule has 7 aliphatic heterocycles. The second-order valence-corrected chi connectivity index (χ2v) is 34.5. The first-order valence-electron chi connectivity index (χ1n) is 41.6. The molecule has 0 spiro atoms. The fourth-order valence-corrected chi connectivity index (χ4v) is 16.9. The van der Waals surface area contributed by atoms with Gasteiger partial charge in [-0.25, -0.2) is 4.79 Å². The summed E-state index contributed by atoms with van der Waals surface area (Å²) < 4.78 is 44.7. The largest absolute Gasteiger partial charge is 0.508 e. The van der Waals surface area contributed by atoms with Crippen molar-refractivity contribution >= 4 is 117 Å². The number of carbonyl (C=O) groups is 9. The average Bonchev–Trinajstić information content (AvgIpc) is 0.747. The molecular weight excluding hydrogens is 1830 g/mol. The molecule has 42 nitrogen and oxygen atoms in total. The maximum atomic E-state index is 16.4. The Morgan fingerprint density at radius 1 is 0.667 bits per heavy atom. The topological polar surface area (TPSA) is 674 Å². The van der Waals surface area contributed by atoms with E-state index in [0.717, 1.165) is 79.7 Å². The Kier molecular flexibility index (Phi) is 28.4. The number of ether oxygens (including phenoxy) is 6. The zero-order valence-electron chi connectivity index (χ0n) is 71.9. The lowest BCUT2D eigenvalue weighted by molar-refractivity contribution is -0.333. The number of carbonyl (C=O) groups excluding carboxylic acids is 7. The van der Waals surface area contributed by atoms with Crippen molar-refractivity contribution in [3.05, 3.63) is 192 Å². The van der Waals surface area contributed by atoms with Crippen LogP contribution in [-0.2, 0) is 52.6 Å². The third-order valence-electron chi connectivity index (χ3n) is 23.1. The molecule has 710 valence electrons. The Morgan fingerprint density at radius 2 is 1.31 bits per heavy atom. The number of carboxylic acid groups (broad SMARTS) is 2. The van der Waals surface area contributed by atoms with Gasteiger partial charge in [-0.05, 0) is 169 Å². The molecule has 8 aliphatic rings. The van der Waals surface area contributed by atoms with E-state index < -0.39 is 270 Å². The third kappa shape index (κ3) is 20.7. The number of aromatic hydroxyl groups is 4. The van der Waals surface area contributed by atoms with Gasteiger partial charge in [-0.1, -0.05) is 61.3 Å². The molecule has 16 rings (SSSR count). The molecule has 8 unspecified atom stereocenters. The molecule has 1 aromatic heterocycles. The minimum absolute atomic E-state index is 0.0630. The zero-order valence-corrected chi connectivity index (χ0v) is 74.2. The Hall–Kier alpha value is -13.7. The normalized spacial score (nSPS) is 24.2. The number of aliphatic carboxylic acids is 1. The summed E-state index contributed by atoms with van der Waals surface area (Å²) >= 11 is 21.0. The van der Waals surface area contributed by atoms with E-state index in [-0.39, 0.29) is 75.5 Å². The van der Waals surface area contributed by atoms with Crippen LogP contribution in [0, 0.1) is 5.92 Å². The maximum absolute atomic E-state index is 16.4. The molecule has 0 radical (unpaired) electrons. The van der Waals surface area contributed by atoms with E-state index >= 15 is 24.0 Å². The number of nitrogens with one attached hydrogen (secondary N) is 6. The molecule has 24 N–H and O–H groups in total. The molecule has 2 saturated heterocycles. The molecule has 7 bridgehead atoms. The summed E-state index contributed by atoms with van der Waals surface area (Å²) in [7, 11) is 1.35. The SMILES string of the molecule is CC(=O)[C@H]1NC(=O)[C@@H](c2ccc(O)c(-c3c(O)cc(O)cc3[C@H](N)C(=O)O)c2)NC(=O)[C@@H]2NC(=O)[C@H](CC(N)=O)NC(=O)[C@H](NC(=O)[C@@H](CC(C)C)N(C)c3nc(Cl)nc(Nc4ccc(-c5c6ccc(=O)cc-6oc6cc(O)ccc56)c(C(=O)O)c4)n3)[C@H](O)c3ccc(c(Cl)c3)Oc3cc2cc(c3OC2OC(CO)C(O)C(O)C2OC2C[C@](C)(N)C(O)C(C)O2)Oc2ccc(cc2Cl)[C@H]1O. The molecule has 18 atom stereocenters. The fraction of sp³-hybridized carbons (Fsp3) is 0.322. The number of halogens is 3. The number of likely N-dealkylation sites (N-methyl/N-ethyl adjacent to an activating group) is 1. The highest BCUT2D eigenvalue weighted by atomic mass is 35.5. The monoisotopic (exact) mass is 1920 g/mol. The van der Waals surface area contributed by atoms with Gasteiger partial charge < -0.3 is 148 Å². The summed E-state index contributed by atoms with van der Waals surface area (Å²) in [5.74, 6) is -19.0. The molecule has 1 aliphatic carbocycles. The second-order valence-electron chi connectivity index (χ2n) is 33.4. The number of nitrogens with two attached hydrogens (primary N) is 3. The molecule has 8 aromatic rings. The number of Topliss-reactive ketones (excluding diaryl/α,β-unsaturated/α-hetero) is 1. The first-order valence-corrected chi connectivity index (χ1v) is 42.7. The van der Waals surface area contributed by atoms with Crippen LogP contribution in [0.2, 0.25) is 15.3 Å². The minimum atomic E-state index is -2.48. The number of anilines is 3. The number of fused-ring (bicyclic) bond motifs is 18. The van der Waals surface area contributed by atoms with E-state index in [1.165, 1.54) is 86.5 Å². The highest BCUT2D eigenvalue weighted by molar-refractivity contribution is 6.32. The van der Waals surface area contributed by atoms with Crippen molar-refractivity contribution < 1.29 is 137 Å². The summed E-state index contributed by atoms with van der Waals surface area (Å²) in [5, 5.41) is 150. The number of hydrogen-bond donors (Lipinski definition) is 21. The summed E-state index contributed by atoms with van der Waals surface area (Å²) in [6.45, 7) is 6.32. The molecule has 8 heterocycles. The van der Waals surface area contributed by atoms with Crippen LogP contribution in [0.15, 0.2) is 143 Å². The van der Waals surface area contributed by atoms with Crippen molar-refractivity contribution in [1.82, 2.24) is 41.5 Å². The number of aliphatic hydroxyl groups is 6. The van der Waals surface area contributed by atoms with Crippen molar-refractivity contribution in [2.24, 2.45) is 23.1 Å². The lowest BCUT2D eigenvalue weighted by Gasteiger charge is -2.47. The van der Waals surface area contributed by atoms with Crippen LogP contribution >= 0.6 is 34.8 Å². The van der Waals surface area contributed by atoms with Gasteiger partial charge in [0.25, 0.3) is 0 Å². The lowest BCUT2D eigenvalue weighted by atomic mass is 9.86. The summed E-state index contributed by atoms with van der Waals surface area (Å²) in [6.07, 6.45) is -19.6. The number of nitrogens with zero attached hydrogens (tertiary/aromatic N) is 4. The maximum Gasteiger partial charge on any atom is 0.336 e. The molecule has 0 saturated carbocycles. The number of benzene rings is 8. The van der Waals surface area contributed by atoms with Crippen molar-refractivity contribution in [3.63, 3.8) is 0 Å². The first kappa shape index (κ1) is 97.3. The van der Waals surface area contributed by atoms with E-state index in [1.54, 1.807) is 13.8 Å². The zero-order chi connectivity index (χ0) is 97.7. The number of ketones is 1. The molecule has 7 aromatic carbocycles. The summed E-state index contributed by atoms with van der Waals surface area (Å²) in [5.41, 5.74) is 14.3. The van der Waals surface area contributed by atoms with Gasteiger partial charge in [0.15, 0.2) is 35.1 Å². The lowest BCUT2D eigenvalue weighted by Crippen LogP contribution is -2.64. The third-order valence-corrected chi connectivity index (χ3v) is 23.9. The quantitative estimate of drug-likeness (QED) is 0.0382. The van der Waals surface area contributed by atoms with Crippen LogP contribution < -0.4 is 73.6 Å². The number of aliphatic hydroxyl groups excluding tert-OH is 6. The van der Waals surface area contributed by atoms with Crippen molar-refractivity contribution in [2.75, 3.05) is 23.9 Å². The van der Waals surface area contributed by atoms with Crippen LogP contribution in [0.3, 0.4) is 0 Å².